The Morgan fingerprint density at radius 3 is 2.33 bits per heavy atom. The summed E-state index contributed by atoms with van der Waals surface area (Å²) >= 11 is 1.47. The molecule has 1 aromatic rings. The van der Waals surface area contributed by atoms with Crippen molar-refractivity contribution in [3.05, 3.63) is 29.8 Å². The summed E-state index contributed by atoms with van der Waals surface area (Å²) < 4.78 is 0. The maximum atomic E-state index is 12.1. The lowest BCUT2D eigenvalue weighted by atomic mass is 10.0. The van der Waals surface area contributed by atoms with E-state index in [1.165, 1.54) is 11.8 Å². The highest BCUT2D eigenvalue weighted by molar-refractivity contribution is 8.00. The number of amides is 1. The van der Waals surface area contributed by atoms with Gasteiger partial charge in [-0.05, 0) is 44.9 Å². The monoisotopic (exact) mass is 309 g/mol. The first-order valence-electron chi connectivity index (χ1n) is 7.03. The van der Waals surface area contributed by atoms with Crippen LogP contribution in [0.2, 0.25) is 0 Å². The highest BCUT2D eigenvalue weighted by Gasteiger charge is 2.22. The molecule has 0 heterocycles. The largest absolute Gasteiger partial charge is 0.481 e. The molecule has 116 valence electrons. The number of hydrogen-bond donors (Lipinski definition) is 2. The van der Waals surface area contributed by atoms with E-state index in [-0.39, 0.29) is 23.1 Å². The molecule has 0 saturated carbocycles. The summed E-state index contributed by atoms with van der Waals surface area (Å²) in [5.74, 6) is -0.827. The van der Waals surface area contributed by atoms with Crippen LogP contribution < -0.4 is 5.32 Å². The minimum atomic E-state index is -0.843. The fourth-order valence-corrected chi connectivity index (χ4v) is 2.51. The summed E-state index contributed by atoms with van der Waals surface area (Å²) in [4.78, 5) is 23.7. The molecule has 0 aliphatic heterocycles. The molecule has 1 atom stereocenters. The van der Waals surface area contributed by atoms with E-state index in [1.54, 1.807) is 12.1 Å². The van der Waals surface area contributed by atoms with Crippen LogP contribution in [0, 0.1) is 0 Å². The molecule has 0 aliphatic rings. The zero-order valence-corrected chi connectivity index (χ0v) is 13.8. The van der Waals surface area contributed by atoms with Gasteiger partial charge < -0.3 is 10.4 Å². The van der Waals surface area contributed by atoms with E-state index in [0.717, 1.165) is 16.9 Å². The van der Waals surface area contributed by atoms with Crippen molar-refractivity contribution in [2.24, 2.45) is 0 Å². The van der Waals surface area contributed by atoms with E-state index in [9.17, 15) is 9.59 Å². The molecule has 0 fully saturated rings. The van der Waals surface area contributed by atoms with E-state index in [2.05, 4.69) is 5.32 Å². The zero-order valence-electron chi connectivity index (χ0n) is 13.0. The van der Waals surface area contributed by atoms with Gasteiger partial charge in [-0.2, -0.15) is 0 Å². The normalized spacial score (nSPS) is 12.8. The number of benzene rings is 1. The second-order valence-corrected chi connectivity index (χ2v) is 7.12. The molecular weight excluding hydrogens is 286 g/mol. The number of nitrogens with one attached hydrogen (secondary N) is 1. The van der Waals surface area contributed by atoms with E-state index in [0.29, 0.717) is 0 Å². The van der Waals surface area contributed by atoms with Gasteiger partial charge in [0, 0.05) is 10.4 Å². The van der Waals surface area contributed by atoms with Crippen molar-refractivity contribution in [2.75, 3.05) is 0 Å². The predicted molar refractivity (Wildman–Crippen MR) is 85.6 cm³/mol. The van der Waals surface area contributed by atoms with Gasteiger partial charge in [0.25, 0.3) is 0 Å². The highest BCUT2D eigenvalue weighted by Crippen LogP contribution is 2.24. The molecule has 1 amide bonds. The van der Waals surface area contributed by atoms with Crippen molar-refractivity contribution in [1.82, 2.24) is 5.32 Å². The molecule has 5 heteroatoms. The Balaban J connectivity index is 2.60. The quantitative estimate of drug-likeness (QED) is 0.760. The van der Waals surface area contributed by atoms with Gasteiger partial charge in [0.15, 0.2) is 0 Å². The lowest BCUT2D eigenvalue weighted by Gasteiger charge is -2.26. The minimum absolute atomic E-state index is 0.0152. The van der Waals surface area contributed by atoms with Crippen LogP contribution in [-0.2, 0) is 16.0 Å². The Morgan fingerprint density at radius 1 is 1.29 bits per heavy atom. The van der Waals surface area contributed by atoms with Crippen LogP contribution in [0.4, 0.5) is 0 Å². The summed E-state index contributed by atoms with van der Waals surface area (Å²) in [6.07, 6.45) is 0.895. The molecule has 1 rings (SSSR count). The number of carbonyl (C=O) groups is 2. The number of hydrogen-bond acceptors (Lipinski definition) is 3. The molecule has 1 aromatic carbocycles. The Kier molecular flexibility index (Phi) is 6.27. The Bertz CT molecular complexity index is 497. The molecule has 0 radical (unpaired) electrons. The molecule has 21 heavy (non-hydrogen) atoms. The van der Waals surface area contributed by atoms with Crippen molar-refractivity contribution >= 4 is 23.6 Å². The summed E-state index contributed by atoms with van der Waals surface area (Å²) in [6.45, 7) is 7.92. The fourth-order valence-electron chi connectivity index (χ4n) is 1.64. The van der Waals surface area contributed by atoms with E-state index >= 15 is 0 Å². The SMILES string of the molecule is CCC(C)(C)NC(=O)C(C)Sc1ccc(CC(=O)O)cc1. The van der Waals surface area contributed by atoms with Gasteiger partial charge in [0.2, 0.25) is 5.91 Å². The van der Waals surface area contributed by atoms with Gasteiger partial charge in [-0.1, -0.05) is 19.1 Å². The van der Waals surface area contributed by atoms with E-state index in [4.69, 9.17) is 5.11 Å². The van der Waals surface area contributed by atoms with Gasteiger partial charge in [0.1, 0.15) is 0 Å². The summed E-state index contributed by atoms with van der Waals surface area (Å²) in [7, 11) is 0. The average molecular weight is 309 g/mol. The molecule has 4 nitrogen and oxygen atoms in total. The number of aliphatic carboxylic acids is 1. The smallest absolute Gasteiger partial charge is 0.307 e. The van der Waals surface area contributed by atoms with Gasteiger partial charge >= 0.3 is 5.97 Å². The van der Waals surface area contributed by atoms with Crippen molar-refractivity contribution in [2.45, 2.75) is 56.2 Å². The first kappa shape index (κ1) is 17.6. The van der Waals surface area contributed by atoms with Crippen LogP contribution in [0.25, 0.3) is 0 Å². The first-order valence-corrected chi connectivity index (χ1v) is 7.91. The third-order valence-electron chi connectivity index (χ3n) is 3.31. The van der Waals surface area contributed by atoms with Gasteiger partial charge in [-0.3, -0.25) is 9.59 Å². The highest BCUT2D eigenvalue weighted by atomic mass is 32.2. The van der Waals surface area contributed by atoms with Crippen LogP contribution >= 0.6 is 11.8 Å². The number of carboxylic acid groups (broad SMARTS) is 1. The number of carboxylic acids is 1. The van der Waals surface area contributed by atoms with Crippen molar-refractivity contribution < 1.29 is 14.7 Å². The third-order valence-corrected chi connectivity index (χ3v) is 4.42. The Morgan fingerprint density at radius 2 is 1.86 bits per heavy atom. The lowest BCUT2D eigenvalue weighted by Crippen LogP contribution is -2.46. The molecular formula is C16H23NO3S. The molecule has 0 aromatic heterocycles. The second-order valence-electron chi connectivity index (χ2n) is 5.70. The summed E-state index contributed by atoms with van der Waals surface area (Å²) in [5, 5.41) is 11.6. The summed E-state index contributed by atoms with van der Waals surface area (Å²) in [5.41, 5.74) is 0.563. The van der Waals surface area contributed by atoms with Gasteiger partial charge in [-0.25, -0.2) is 0 Å². The third kappa shape index (κ3) is 6.21. The number of carbonyl (C=O) groups excluding carboxylic acids is 1. The van der Waals surface area contributed by atoms with Crippen LogP contribution in [0.1, 0.15) is 39.7 Å². The standard InChI is InChI=1S/C16H23NO3S/c1-5-16(3,4)17-15(20)11(2)21-13-8-6-12(7-9-13)10-14(18)19/h6-9,11H,5,10H2,1-4H3,(H,17,20)(H,18,19). The summed E-state index contributed by atoms with van der Waals surface area (Å²) in [6, 6.07) is 7.30. The fraction of sp³-hybridized carbons (Fsp3) is 0.500. The minimum Gasteiger partial charge on any atom is -0.481 e. The predicted octanol–water partition coefficient (Wildman–Crippen LogP) is 3.10. The van der Waals surface area contributed by atoms with Gasteiger partial charge in [-0.15, -0.1) is 11.8 Å². The maximum absolute atomic E-state index is 12.1. The van der Waals surface area contributed by atoms with E-state index in [1.807, 2.05) is 39.8 Å². The topological polar surface area (TPSA) is 66.4 Å². The Hall–Kier alpha value is -1.49. The van der Waals surface area contributed by atoms with Crippen LogP contribution in [0.15, 0.2) is 29.2 Å². The number of rotatable bonds is 7. The van der Waals surface area contributed by atoms with Crippen LogP contribution in [0.5, 0.6) is 0 Å². The molecule has 0 aliphatic carbocycles. The first-order chi connectivity index (χ1) is 9.73. The zero-order chi connectivity index (χ0) is 16.0. The number of thioether (sulfide) groups is 1. The van der Waals surface area contributed by atoms with Gasteiger partial charge in [0.05, 0.1) is 11.7 Å². The Labute approximate surface area is 130 Å². The van der Waals surface area contributed by atoms with Crippen molar-refractivity contribution in [3.8, 4) is 0 Å². The molecule has 0 spiro atoms. The van der Waals surface area contributed by atoms with Crippen molar-refractivity contribution in [3.63, 3.8) is 0 Å². The average Bonchev–Trinajstić information content (AvgIpc) is 2.40. The second kappa shape index (κ2) is 7.50. The molecule has 1 unspecified atom stereocenters. The maximum Gasteiger partial charge on any atom is 0.307 e. The van der Waals surface area contributed by atoms with Crippen molar-refractivity contribution in [1.29, 1.82) is 0 Å². The lowest BCUT2D eigenvalue weighted by molar-refractivity contribution is -0.136. The molecule has 0 bridgehead atoms. The van der Waals surface area contributed by atoms with E-state index < -0.39 is 5.97 Å². The van der Waals surface area contributed by atoms with Crippen LogP contribution in [-0.4, -0.2) is 27.8 Å². The molecule has 0 saturated heterocycles. The van der Waals surface area contributed by atoms with Crippen LogP contribution in [0.3, 0.4) is 0 Å². The molecule has 2 N–H and O–H groups in total.